The van der Waals surface area contributed by atoms with E-state index in [9.17, 15) is 4.79 Å². The molecule has 0 bridgehead atoms. The van der Waals surface area contributed by atoms with Gasteiger partial charge in [-0.2, -0.15) is 0 Å². The molecule has 4 rings (SSSR count). The molecule has 0 aliphatic heterocycles. The average molecular weight is 497 g/mol. The van der Waals surface area contributed by atoms with Crippen molar-refractivity contribution in [3.05, 3.63) is 119 Å². The normalized spacial score (nSPS) is 12.5. The summed E-state index contributed by atoms with van der Waals surface area (Å²) in [6, 6.07) is 31.8. The number of benzene rings is 4. The Morgan fingerprint density at radius 3 is 1.05 bits per heavy atom. The zero-order chi connectivity index (χ0) is 26.2. The predicted molar refractivity (Wildman–Crippen MR) is 145 cm³/mol. The van der Waals surface area contributed by atoms with Gasteiger partial charge in [0.05, 0.1) is 28.4 Å². The van der Waals surface area contributed by atoms with Crippen LogP contribution in [0.2, 0.25) is 0 Å². The summed E-state index contributed by atoms with van der Waals surface area (Å²) < 4.78 is 21.6. The van der Waals surface area contributed by atoms with Crippen molar-refractivity contribution in [1.29, 1.82) is 0 Å². The molecule has 0 saturated heterocycles. The molecule has 5 heteroatoms. The van der Waals surface area contributed by atoms with Gasteiger partial charge in [-0.25, -0.2) is 0 Å². The standard InChI is InChI=1S/C32H32O5/c1-34-26-13-5-22(6-14-26)30(21-33)32(25-11-19-29(37-4)20-12-25)31(23-7-15-27(35-2)16-8-23)24-9-17-28(36-3)18-10-24/h5-21,30-32H,1-4H3/t30-,32-/m0/s1. The van der Waals surface area contributed by atoms with Crippen molar-refractivity contribution in [2.75, 3.05) is 28.4 Å². The highest BCUT2D eigenvalue weighted by Crippen LogP contribution is 2.47. The fourth-order valence-corrected chi connectivity index (χ4v) is 4.86. The van der Waals surface area contributed by atoms with Crippen molar-refractivity contribution in [2.24, 2.45) is 0 Å². The summed E-state index contributed by atoms with van der Waals surface area (Å²) in [5.74, 6) is 2.30. The Bertz CT molecular complexity index is 1220. The second-order valence-corrected chi connectivity index (χ2v) is 8.76. The van der Waals surface area contributed by atoms with Gasteiger partial charge < -0.3 is 23.7 Å². The van der Waals surface area contributed by atoms with E-state index in [-0.39, 0.29) is 11.8 Å². The first-order valence-corrected chi connectivity index (χ1v) is 12.1. The number of carbonyl (C=O) groups is 1. The van der Waals surface area contributed by atoms with Gasteiger partial charge in [-0.1, -0.05) is 48.5 Å². The van der Waals surface area contributed by atoms with Gasteiger partial charge in [0, 0.05) is 17.8 Å². The molecule has 5 nitrogen and oxygen atoms in total. The fourth-order valence-electron chi connectivity index (χ4n) is 4.86. The summed E-state index contributed by atoms with van der Waals surface area (Å²) in [4.78, 5) is 12.9. The molecular formula is C32H32O5. The van der Waals surface area contributed by atoms with Gasteiger partial charge >= 0.3 is 0 Å². The maximum Gasteiger partial charge on any atom is 0.128 e. The first-order chi connectivity index (χ1) is 18.1. The Morgan fingerprint density at radius 1 is 0.459 bits per heavy atom. The Hall–Kier alpha value is -4.25. The van der Waals surface area contributed by atoms with Gasteiger partial charge in [-0.15, -0.1) is 0 Å². The predicted octanol–water partition coefficient (Wildman–Crippen LogP) is 6.62. The van der Waals surface area contributed by atoms with Crippen LogP contribution in [0.15, 0.2) is 97.1 Å². The minimum absolute atomic E-state index is 0.137. The molecule has 0 radical (unpaired) electrons. The molecule has 190 valence electrons. The Balaban J connectivity index is 1.92. The molecule has 37 heavy (non-hydrogen) atoms. The quantitative estimate of drug-likeness (QED) is 0.219. The first-order valence-electron chi connectivity index (χ1n) is 12.1. The number of aldehydes is 1. The topological polar surface area (TPSA) is 54.0 Å². The third-order valence-corrected chi connectivity index (χ3v) is 6.84. The van der Waals surface area contributed by atoms with E-state index in [0.717, 1.165) is 51.5 Å². The Kier molecular flexibility index (Phi) is 8.47. The van der Waals surface area contributed by atoms with E-state index in [4.69, 9.17) is 18.9 Å². The molecule has 2 atom stereocenters. The zero-order valence-corrected chi connectivity index (χ0v) is 21.6. The monoisotopic (exact) mass is 496 g/mol. The number of rotatable bonds is 11. The highest BCUT2D eigenvalue weighted by Gasteiger charge is 2.34. The van der Waals surface area contributed by atoms with E-state index in [1.165, 1.54) is 0 Å². The highest BCUT2D eigenvalue weighted by atomic mass is 16.5. The van der Waals surface area contributed by atoms with Crippen LogP contribution in [-0.2, 0) is 4.79 Å². The molecule has 0 unspecified atom stereocenters. The van der Waals surface area contributed by atoms with Crippen LogP contribution >= 0.6 is 0 Å². The minimum atomic E-state index is -0.423. The smallest absolute Gasteiger partial charge is 0.128 e. The van der Waals surface area contributed by atoms with Crippen LogP contribution in [0.4, 0.5) is 0 Å². The van der Waals surface area contributed by atoms with Crippen molar-refractivity contribution < 1.29 is 23.7 Å². The van der Waals surface area contributed by atoms with E-state index in [2.05, 4.69) is 24.3 Å². The molecule has 0 amide bonds. The van der Waals surface area contributed by atoms with Gasteiger partial charge in [-0.3, -0.25) is 0 Å². The van der Waals surface area contributed by atoms with Crippen LogP contribution in [0.3, 0.4) is 0 Å². The lowest BCUT2D eigenvalue weighted by atomic mass is 9.69. The van der Waals surface area contributed by atoms with Crippen molar-refractivity contribution in [2.45, 2.75) is 17.8 Å². The molecule has 0 heterocycles. The van der Waals surface area contributed by atoms with Gasteiger partial charge in [0.2, 0.25) is 0 Å². The van der Waals surface area contributed by atoms with Crippen molar-refractivity contribution in [3.63, 3.8) is 0 Å². The lowest BCUT2D eigenvalue weighted by Gasteiger charge is -2.33. The van der Waals surface area contributed by atoms with E-state index in [1.54, 1.807) is 28.4 Å². The maximum atomic E-state index is 12.9. The minimum Gasteiger partial charge on any atom is -0.497 e. The number of hydrogen-bond acceptors (Lipinski definition) is 5. The molecule has 0 spiro atoms. The van der Waals surface area contributed by atoms with Gasteiger partial charge in [-0.05, 0) is 70.8 Å². The molecule has 0 fully saturated rings. The molecule has 0 N–H and O–H groups in total. The SMILES string of the molecule is COc1ccc(C(c2ccc(OC)cc2)[C@@H](c2ccc(OC)cc2)[C@@H](C=O)c2ccc(OC)cc2)cc1. The van der Waals surface area contributed by atoms with Crippen LogP contribution in [-0.4, -0.2) is 34.7 Å². The number of methoxy groups -OCH3 is 4. The number of hydrogen-bond donors (Lipinski definition) is 0. The summed E-state index contributed by atoms with van der Waals surface area (Å²) in [6.07, 6.45) is 1.05. The highest BCUT2D eigenvalue weighted by molar-refractivity contribution is 5.66. The lowest BCUT2D eigenvalue weighted by Crippen LogP contribution is -2.22. The molecule has 0 aliphatic carbocycles. The van der Waals surface area contributed by atoms with Gasteiger partial charge in [0.15, 0.2) is 0 Å². The number of ether oxygens (including phenoxy) is 4. The van der Waals surface area contributed by atoms with E-state index in [1.807, 2.05) is 72.8 Å². The molecule has 0 aliphatic rings. The summed E-state index contributed by atoms with van der Waals surface area (Å²) in [5.41, 5.74) is 4.10. The van der Waals surface area contributed by atoms with E-state index < -0.39 is 5.92 Å². The Morgan fingerprint density at radius 2 is 0.757 bits per heavy atom. The second-order valence-electron chi connectivity index (χ2n) is 8.76. The van der Waals surface area contributed by atoms with Gasteiger partial charge in [0.25, 0.3) is 0 Å². The van der Waals surface area contributed by atoms with Crippen LogP contribution in [0, 0.1) is 0 Å². The van der Waals surface area contributed by atoms with Crippen molar-refractivity contribution in [1.82, 2.24) is 0 Å². The Labute approximate surface area is 218 Å². The molecule has 0 saturated carbocycles. The number of carbonyl (C=O) groups excluding carboxylic acids is 1. The zero-order valence-electron chi connectivity index (χ0n) is 21.6. The molecular weight excluding hydrogens is 464 g/mol. The molecule has 0 aromatic heterocycles. The van der Waals surface area contributed by atoms with Crippen LogP contribution in [0.1, 0.15) is 40.0 Å². The van der Waals surface area contributed by atoms with Crippen LogP contribution in [0.5, 0.6) is 23.0 Å². The maximum absolute atomic E-state index is 12.9. The summed E-state index contributed by atoms with van der Waals surface area (Å²) in [5, 5.41) is 0. The third-order valence-electron chi connectivity index (χ3n) is 6.84. The lowest BCUT2D eigenvalue weighted by molar-refractivity contribution is -0.109. The summed E-state index contributed by atoms with van der Waals surface area (Å²) in [7, 11) is 6.59. The first kappa shape index (κ1) is 25.8. The van der Waals surface area contributed by atoms with E-state index >= 15 is 0 Å². The van der Waals surface area contributed by atoms with Crippen LogP contribution in [0.25, 0.3) is 0 Å². The van der Waals surface area contributed by atoms with E-state index in [0.29, 0.717) is 0 Å². The van der Waals surface area contributed by atoms with Crippen LogP contribution < -0.4 is 18.9 Å². The third kappa shape index (κ3) is 5.78. The molecule has 4 aromatic carbocycles. The van der Waals surface area contributed by atoms with Crippen molar-refractivity contribution in [3.8, 4) is 23.0 Å². The fraction of sp³-hybridized carbons (Fsp3) is 0.219. The molecule has 4 aromatic rings. The van der Waals surface area contributed by atoms with Crippen molar-refractivity contribution >= 4 is 6.29 Å². The summed E-state index contributed by atoms with van der Waals surface area (Å²) >= 11 is 0. The average Bonchev–Trinajstić information content (AvgIpc) is 2.98. The largest absolute Gasteiger partial charge is 0.497 e. The summed E-state index contributed by atoms with van der Waals surface area (Å²) in [6.45, 7) is 0. The second kappa shape index (κ2) is 12.1. The van der Waals surface area contributed by atoms with Gasteiger partial charge in [0.1, 0.15) is 29.3 Å².